The third-order valence-electron chi connectivity index (χ3n) is 3.56. The van der Waals surface area contributed by atoms with E-state index in [0.29, 0.717) is 16.6 Å². The molecule has 4 nitrogen and oxygen atoms in total. The molecular formula is C19H14Br2N2O2S. The maximum atomic E-state index is 12.2. The van der Waals surface area contributed by atoms with Gasteiger partial charge in [0.1, 0.15) is 11.5 Å². The van der Waals surface area contributed by atoms with Gasteiger partial charge in [0.2, 0.25) is 0 Å². The van der Waals surface area contributed by atoms with Crippen molar-refractivity contribution in [1.29, 1.82) is 0 Å². The summed E-state index contributed by atoms with van der Waals surface area (Å²) in [5, 5.41) is 5.88. The number of nitrogens with one attached hydrogen (secondary N) is 2. The van der Waals surface area contributed by atoms with E-state index in [0.717, 1.165) is 21.6 Å². The predicted octanol–water partition coefficient (Wildman–Crippen LogP) is 5.28. The number of hydrogen-bond acceptors (Lipinski definition) is 3. The monoisotopic (exact) mass is 492 g/mol. The van der Waals surface area contributed by atoms with Crippen LogP contribution < -0.4 is 10.6 Å². The van der Waals surface area contributed by atoms with Gasteiger partial charge in [0.25, 0.3) is 5.91 Å². The highest BCUT2D eigenvalue weighted by atomic mass is 79.9. The molecule has 0 fully saturated rings. The molecule has 0 aliphatic carbocycles. The smallest absolute Gasteiger partial charge is 0.258 e. The molecule has 3 aromatic rings. The summed E-state index contributed by atoms with van der Waals surface area (Å²) in [6.07, 6.45) is 0. The van der Waals surface area contributed by atoms with Crippen molar-refractivity contribution in [3.05, 3.63) is 80.9 Å². The zero-order valence-electron chi connectivity index (χ0n) is 13.5. The van der Waals surface area contributed by atoms with E-state index < -0.39 is 0 Å². The summed E-state index contributed by atoms with van der Waals surface area (Å²) in [6.45, 7) is 0.381. The number of carbonyl (C=O) groups is 1. The van der Waals surface area contributed by atoms with Crippen LogP contribution in [0.25, 0.3) is 11.3 Å². The van der Waals surface area contributed by atoms with Crippen molar-refractivity contribution in [3.8, 4) is 11.3 Å². The van der Waals surface area contributed by atoms with Crippen molar-refractivity contribution in [3.63, 3.8) is 0 Å². The highest BCUT2D eigenvalue weighted by Gasteiger charge is 2.11. The van der Waals surface area contributed by atoms with Gasteiger partial charge >= 0.3 is 0 Å². The summed E-state index contributed by atoms with van der Waals surface area (Å²) < 4.78 is 7.54. The summed E-state index contributed by atoms with van der Waals surface area (Å²) in [5.74, 6) is 1.22. The van der Waals surface area contributed by atoms with Crippen LogP contribution in [0.4, 0.5) is 0 Å². The average Bonchev–Trinajstić information content (AvgIpc) is 3.10. The second kappa shape index (κ2) is 8.62. The molecule has 7 heteroatoms. The Kier molecular flexibility index (Phi) is 6.24. The predicted molar refractivity (Wildman–Crippen MR) is 113 cm³/mol. The Labute approximate surface area is 173 Å². The molecule has 0 unspecified atom stereocenters. The lowest BCUT2D eigenvalue weighted by Gasteiger charge is -2.09. The second-order valence-electron chi connectivity index (χ2n) is 5.39. The summed E-state index contributed by atoms with van der Waals surface area (Å²) in [6, 6.07) is 18.8. The van der Waals surface area contributed by atoms with Crippen LogP contribution in [0.1, 0.15) is 16.1 Å². The molecule has 1 aromatic heterocycles. The number of furan rings is 1. The molecule has 2 aromatic carbocycles. The Morgan fingerprint density at radius 1 is 1.00 bits per heavy atom. The van der Waals surface area contributed by atoms with Gasteiger partial charge in [0.05, 0.1) is 12.1 Å². The first-order valence-corrected chi connectivity index (χ1v) is 9.71. The van der Waals surface area contributed by atoms with E-state index in [-0.39, 0.29) is 11.0 Å². The minimum Gasteiger partial charge on any atom is -0.459 e. The van der Waals surface area contributed by atoms with Crippen molar-refractivity contribution < 1.29 is 9.21 Å². The summed E-state index contributed by atoms with van der Waals surface area (Å²) >= 11 is 11.9. The van der Waals surface area contributed by atoms with Gasteiger partial charge in [-0.15, -0.1) is 0 Å². The van der Waals surface area contributed by atoms with Crippen LogP contribution in [0.15, 0.2) is 74.0 Å². The topological polar surface area (TPSA) is 54.3 Å². The van der Waals surface area contributed by atoms with Crippen LogP contribution in [0.3, 0.4) is 0 Å². The molecule has 3 rings (SSSR count). The first-order valence-electron chi connectivity index (χ1n) is 7.71. The lowest BCUT2D eigenvalue weighted by molar-refractivity contribution is 0.0976. The van der Waals surface area contributed by atoms with Crippen molar-refractivity contribution in [2.24, 2.45) is 0 Å². The molecule has 2 N–H and O–H groups in total. The van der Waals surface area contributed by atoms with Gasteiger partial charge in [-0.3, -0.25) is 10.1 Å². The van der Waals surface area contributed by atoms with Gasteiger partial charge in [-0.05, 0) is 64.5 Å². The maximum absolute atomic E-state index is 12.2. The number of amides is 1. The van der Waals surface area contributed by atoms with Crippen molar-refractivity contribution >= 4 is 55.1 Å². The fourth-order valence-electron chi connectivity index (χ4n) is 2.27. The van der Waals surface area contributed by atoms with Crippen molar-refractivity contribution in [2.45, 2.75) is 6.54 Å². The molecule has 0 radical (unpaired) electrons. The van der Waals surface area contributed by atoms with Crippen molar-refractivity contribution in [1.82, 2.24) is 10.6 Å². The first kappa shape index (κ1) is 18.8. The Hall–Kier alpha value is -1.96. The van der Waals surface area contributed by atoms with E-state index in [1.165, 1.54) is 0 Å². The molecule has 132 valence electrons. The number of benzene rings is 2. The molecule has 1 heterocycles. The molecule has 26 heavy (non-hydrogen) atoms. The highest BCUT2D eigenvalue weighted by molar-refractivity contribution is 9.10. The van der Waals surface area contributed by atoms with E-state index in [1.807, 2.05) is 42.5 Å². The van der Waals surface area contributed by atoms with E-state index in [4.69, 9.17) is 16.6 Å². The standard InChI is InChI=1S/C19H14Br2N2O2S/c20-13-7-5-12(6-8-13)17-10-9-14(25-17)11-22-19(26)23-18(24)15-3-1-2-4-16(15)21/h1-10H,11H2,(H2,22,23,24,26). The zero-order valence-corrected chi connectivity index (χ0v) is 17.4. The third-order valence-corrected chi connectivity index (χ3v) is 5.03. The molecule has 1 amide bonds. The number of hydrogen-bond donors (Lipinski definition) is 2. The summed E-state index contributed by atoms with van der Waals surface area (Å²) in [4.78, 5) is 12.2. The second-order valence-corrected chi connectivity index (χ2v) is 7.57. The quantitative estimate of drug-likeness (QED) is 0.485. The van der Waals surface area contributed by atoms with Gasteiger partial charge in [-0.25, -0.2) is 0 Å². The minimum atomic E-state index is -0.273. The molecule has 0 aliphatic rings. The number of carbonyl (C=O) groups excluding carboxylic acids is 1. The molecule has 0 saturated carbocycles. The molecule has 0 bridgehead atoms. The molecular weight excluding hydrogens is 480 g/mol. The van der Waals surface area contributed by atoms with E-state index in [2.05, 4.69) is 42.5 Å². The molecule has 0 spiro atoms. The number of halogens is 2. The van der Waals surface area contributed by atoms with Crippen LogP contribution in [0.5, 0.6) is 0 Å². The van der Waals surface area contributed by atoms with Crippen molar-refractivity contribution in [2.75, 3.05) is 0 Å². The van der Waals surface area contributed by atoms with E-state index in [1.54, 1.807) is 18.2 Å². The van der Waals surface area contributed by atoms with Gasteiger partial charge in [0.15, 0.2) is 5.11 Å². The lowest BCUT2D eigenvalue weighted by Crippen LogP contribution is -2.38. The van der Waals surface area contributed by atoms with Crippen LogP contribution in [-0.4, -0.2) is 11.0 Å². The molecule has 0 saturated heterocycles. The van der Waals surface area contributed by atoms with E-state index in [9.17, 15) is 4.79 Å². The van der Waals surface area contributed by atoms with E-state index >= 15 is 0 Å². The Morgan fingerprint density at radius 3 is 2.46 bits per heavy atom. The minimum absolute atomic E-state index is 0.243. The zero-order chi connectivity index (χ0) is 18.5. The third kappa shape index (κ3) is 4.81. The first-order chi connectivity index (χ1) is 12.5. The molecule has 0 aliphatic heterocycles. The van der Waals surface area contributed by atoms with Crippen LogP contribution in [0, 0.1) is 0 Å². The van der Waals surface area contributed by atoms with Gasteiger partial charge < -0.3 is 9.73 Å². The lowest BCUT2D eigenvalue weighted by atomic mass is 10.2. The average molecular weight is 494 g/mol. The normalized spacial score (nSPS) is 10.4. The fourth-order valence-corrected chi connectivity index (χ4v) is 3.16. The highest BCUT2D eigenvalue weighted by Crippen LogP contribution is 2.24. The Morgan fingerprint density at radius 2 is 1.73 bits per heavy atom. The Bertz CT molecular complexity index is 939. The molecule has 0 atom stereocenters. The number of rotatable bonds is 4. The van der Waals surface area contributed by atoms with Gasteiger partial charge in [0, 0.05) is 14.5 Å². The largest absolute Gasteiger partial charge is 0.459 e. The SMILES string of the molecule is O=C(NC(=S)NCc1ccc(-c2ccc(Br)cc2)o1)c1ccccc1Br. The number of thiocarbonyl (C=S) groups is 1. The van der Waals surface area contributed by atoms with Gasteiger partial charge in [-0.1, -0.05) is 40.2 Å². The summed E-state index contributed by atoms with van der Waals surface area (Å²) in [5.41, 5.74) is 1.51. The van der Waals surface area contributed by atoms with Crippen LogP contribution in [-0.2, 0) is 6.54 Å². The van der Waals surface area contributed by atoms with Gasteiger partial charge in [-0.2, -0.15) is 0 Å². The maximum Gasteiger partial charge on any atom is 0.258 e. The Balaban J connectivity index is 1.56. The van der Waals surface area contributed by atoms with Crippen LogP contribution >= 0.6 is 44.1 Å². The van der Waals surface area contributed by atoms with Crippen LogP contribution in [0.2, 0.25) is 0 Å². The fraction of sp³-hybridized carbons (Fsp3) is 0.0526. The summed E-state index contributed by atoms with van der Waals surface area (Å²) in [7, 11) is 0.